The summed E-state index contributed by atoms with van der Waals surface area (Å²) in [6.07, 6.45) is 5.37. The van der Waals surface area contributed by atoms with Crippen molar-refractivity contribution in [3.8, 4) is 5.75 Å². The average Bonchev–Trinajstić information content (AvgIpc) is 2.76. The average molecular weight is 218 g/mol. The Kier molecular flexibility index (Phi) is 3.05. The third kappa shape index (κ3) is 2.31. The Morgan fingerprint density at radius 2 is 2.38 bits per heavy atom. The van der Waals surface area contributed by atoms with Crippen LogP contribution in [-0.4, -0.2) is 14.8 Å². The molecule has 0 aliphatic heterocycles. The first-order valence-corrected chi connectivity index (χ1v) is 5.14. The van der Waals surface area contributed by atoms with E-state index in [9.17, 15) is 0 Å². The summed E-state index contributed by atoms with van der Waals surface area (Å²) in [6.45, 7) is 3.35. The molecule has 0 radical (unpaired) electrons. The number of aryl methyl sites for hydroxylation is 1. The summed E-state index contributed by atoms with van der Waals surface area (Å²) < 4.78 is 7.39. The van der Waals surface area contributed by atoms with Crippen LogP contribution in [0.5, 0.6) is 5.75 Å². The van der Waals surface area contributed by atoms with E-state index in [-0.39, 0.29) is 0 Å². The lowest BCUT2D eigenvalue weighted by atomic mass is 10.4. The third-order valence-electron chi connectivity index (χ3n) is 2.20. The van der Waals surface area contributed by atoms with Crippen molar-refractivity contribution >= 4 is 5.82 Å². The topological polar surface area (TPSA) is 66.0 Å². The van der Waals surface area contributed by atoms with Crippen LogP contribution in [0.4, 0.5) is 5.82 Å². The van der Waals surface area contributed by atoms with Gasteiger partial charge < -0.3 is 10.5 Å². The summed E-state index contributed by atoms with van der Waals surface area (Å²) in [6, 6.07) is 3.59. The fourth-order valence-corrected chi connectivity index (χ4v) is 1.34. The van der Waals surface area contributed by atoms with Crippen LogP contribution < -0.4 is 10.5 Å². The maximum Gasteiger partial charge on any atom is 0.166 e. The molecule has 0 aliphatic carbocycles. The second kappa shape index (κ2) is 4.65. The monoisotopic (exact) mass is 218 g/mol. The van der Waals surface area contributed by atoms with Gasteiger partial charge in [-0.2, -0.15) is 5.10 Å². The Morgan fingerprint density at radius 1 is 1.50 bits per heavy atom. The highest BCUT2D eigenvalue weighted by Crippen LogP contribution is 2.18. The molecule has 5 heteroatoms. The maximum atomic E-state index is 5.66. The second-order valence-corrected chi connectivity index (χ2v) is 3.38. The molecule has 0 saturated carbocycles. The molecule has 0 bridgehead atoms. The predicted molar refractivity (Wildman–Crippen MR) is 60.9 cm³/mol. The van der Waals surface area contributed by atoms with Crippen LogP contribution in [0.15, 0.2) is 30.7 Å². The number of nitrogens with two attached hydrogens (primary N) is 1. The highest BCUT2D eigenvalue weighted by atomic mass is 16.5. The van der Waals surface area contributed by atoms with Crippen molar-refractivity contribution in [2.75, 3.05) is 5.73 Å². The number of hydrogen-bond donors (Lipinski definition) is 1. The molecule has 0 spiro atoms. The minimum absolute atomic E-state index is 0.408. The lowest BCUT2D eigenvalue weighted by Crippen LogP contribution is -1.99. The largest absolute Gasteiger partial charge is 0.485 e. The summed E-state index contributed by atoms with van der Waals surface area (Å²) in [4.78, 5) is 3.94. The normalized spacial score (nSPS) is 10.3. The van der Waals surface area contributed by atoms with E-state index in [4.69, 9.17) is 10.5 Å². The van der Waals surface area contributed by atoms with Crippen LogP contribution in [0, 0.1) is 0 Å². The minimum atomic E-state index is 0.408. The molecule has 0 atom stereocenters. The van der Waals surface area contributed by atoms with Crippen molar-refractivity contribution < 1.29 is 4.74 Å². The van der Waals surface area contributed by atoms with E-state index < -0.39 is 0 Å². The predicted octanol–water partition coefficient (Wildman–Crippen LogP) is 1.46. The van der Waals surface area contributed by atoms with Crippen LogP contribution in [0.3, 0.4) is 0 Å². The number of nitrogens with zero attached hydrogens (tertiary/aromatic N) is 3. The highest BCUT2D eigenvalue weighted by molar-refractivity contribution is 5.44. The number of rotatable bonds is 4. The fraction of sp³-hybridized carbons (Fsp3) is 0.273. The number of ether oxygens (including phenoxy) is 1. The van der Waals surface area contributed by atoms with Gasteiger partial charge in [0.2, 0.25) is 0 Å². The van der Waals surface area contributed by atoms with Crippen LogP contribution in [-0.2, 0) is 13.2 Å². The number of nitrogen functional groups attached to an aromatic ring is 1. The quantitative estimate of drug-likeness (QED) is 0.843. The highest BCUT2D eigenvalue weighted by Gasteiger charge is 2.02. The zero-order chi connectivity index (χ0) is 11.4. The first-order chi connectivity index (χ1) is 7.79. The Balaban J connectivity index is 1.99. The van der Waals surface area contributed by atoms with Gasteiger partial charge >= 0.3 is 0 Å². The summed E-state index contributed by atoms with van der Waals surface area (Å²) in [5, 5.41) is 4.16. The Labute approximate surface area is 93.9 Å². The number of hydrogen-bond acceptors (Lipinski definition) is 4. The van der Waals surface area contributed by atoms with Gasteiger partial charge in [0.05, 0.1) is 6.20 Å². The van der Waals surface area contributed by atoms with Crippen molar-refractivity contribution in [2.45, 2.75) is 20.1 Å². The maximum absolute atomic E-state index is 5.66. The Morgan fingerprint density at radius 3 is 3.06 bits per heavy atom. The molecular formula is C11H14N4O. The molecule has 2 aromatic rings. The van der Waals surface area contributed by atoms with Gasteiger partial charge in [-0.1, -0.05) is 0 Å². The molecule has 2 heterocycles. The molecule has 0 saturated heterocycles. The van der Waals surface area contributed by atoms with Crippen molar-refractivity contribution in [3.05, 3.63) is 36.3 Å². The van der Waals surface area contributed by atoms with Crippen LogP contribution >= 0.6 is 0 Å². The Bertz CT molecular complexity index is 467. The van der Waals surface area contributed by atoms with E-state index in [1.807, 2.05) is 17.8 Å². The number of pyridine rings is 1. The van der Waals surface area contributed by atoms with E-state index in [0.29, 0.717) is 18.2 Å². The van der Waals surface area contributed by atoms with Crippen molar-refractivity contribution in [2.24, 2.45) is 0 Å². The lowest BCUT2D eigenvalue weighted by molar-refractivity contribution is 0.307. The molecule has 5 nitrogen and oxygen atoms in total. The van der Waals surface area contributed by atoms with Gasteiger partial charge in [0.1, 0.15) is 6.61 Å². The van der Waals surface area contributed by atoms with Crippen molar-refractivity contribution in [1.82, 2.24) is 14.8 Å². The van der Waals surface area contributed by atoms with Gasteiger partial charge in [-0.25, -0.2) is 4.98 Å². The first-order valence-electron chi connectivity index (χ1n) is 5.14. The SMILES string of the molecule is CCn1cc(COc2cccnc2N)cn1. The van der Waals surface area contributed by atoms with Gasteiger partial charge in [-0.15, -0.1) is 0 Å². The first kappa shape index (κ1) is 10.5. The summed E-state index contributed by atoms with van der Waals surface area (Å²) in [7, 11) is 0. The van der Waals surface area contributed by atoms with E-state index in [2.05, 4.69) is 10.1 Å². The molecule has 0 fully saturated rings. The molecule has 0 aliphatic rings. The van der Waals surface area contributed by atoms with E-state index in [1.54, 1.807) is 24.5 Å². The van der Waals surface area contributed by atoms with E-state index >= 15 is 0 Å². The standard InChI is InChI=1S/C11H14N4O/c1-2-15-7-9(6-14-15)8-16-10-4-3-5-13-11(10)12/h3-7H,2,8H2,1H3,(H2,12,13). The molecule has 0 unspecified atom stereocenters. The molecule has 16 heavy (non-hydrogen) atoms. The van der Waals surface area contributed by atoms with Crippen LogP contribution in [0.2, 0.25) is 0 Å². The summed E-state index contributed by atoms with van der Waals surface area (Å²) in [5.74, 6) is 1.01. The molecule has 0 aromatic carbocycles. The smallest absolute Gasteiger partial charge is 0.166 e. The molecule has 0 amide bonds. The van der Waals surface area contributed by atoms with Gasteiger partial charge in [0, 0.05) is 24.5 Å². The van der Waals surface area contributed by atoms with Gasteiger partial charge in [0.15, 0.2) is 11.6 Å². The van der Waals surface area contributed by atoms with Gasteiger partial charge in [-0.3, -0.25) is 4.68 Å². The molecule has 2 N–H and O–H groups in total. The van der Waals surface area contributed by atoms with Crippen molar-refractivity contribution in [3.63, 3.8) is 0 Å². The third-order valence-corrected chi connectivity index (χ3v) is 2.20. The molecule has 2 aromatic heterocycles. The number of aromatic nitrogens is 3. The van der Waals surface area contributed by atoms with Crippen LogP contribution in [0.25, 0.3) is 0 Å². The van der Waals surface area contributed by atoms with Gasteiger partial charge in [-0.05, 0) is 19.1 Å². The number of anilines is 1. The minimum Gasteiger partial charge on any atom is -0.485 e. The lowest BCUT2D eigenvalue weighted by Gasteiger charge is -2.05. The summed E-state index contributed by atoms with van der Waals surface area (Å²) in [5.41, 5.74) is 6.68. The second-order valence-electron chi connectivity index (χ2n) is 3.38. The Hall–Kier alpha value is -2.04. The van der Waals surface area contributed by atoms with E-state index in [0.717, 1.165) is 12.1 Å². The van der Waals surface area contributed by atoms with Crippen LogP contribution in [0.1, 0.15) is 12.5 Å². The zero-order valence-corrected chi connectivity index (χ0v) is 9.13. The zero-order valence-electron chi connectivity index (χ0n) is 9.13. The summed E-state index contributed by atoms with van der Waals surface area (Å²) >= 11 is 0. The molecule has 84 valence electrons. The van der Waals surface area contributed by atoms with Gasteiger partial charge in [0.25, 0.3) is 0 Å². The molecular weight excluding hydrogens is 204 g/mol. The van der Waals surface area contributed by atoms with E-state index in [1.165, 1.54) is 0 Å². The fourth-order valence-electron chi connectivity index (χ4n) is 1.34. The van der Waals surface area contributed by atoms with Crippen molar-refractivity contribution in [1.29, 1.82) is 0 Å². The molecule has 2 rings (SSSR count).